The summed E-state index contributed by atoms with van der Waals surface area (Å²) in [5, 5.41) is 9.99. The molecule has 0 fully saturated rings. The number of anilines is 1. The third-order valence-electron chi connectivity index (χ3n) is 2.57. The van der Waals surface area contributed by atoms with Gasteiger partial charge in [-0.2, -0.15) is 5.10 Å². The maximum Gasteiger partial charge on any atom is 0.117 e. The topological polar surface area (TPSA) is 29.9 Å². The molecule has 0 saturated heterocycles. The first-order valence-electron chi connectivity index (χ1n) is 5.18. The minimum atomic E-state index is 0.684. The minimum absolute atomic E-state index is 0.684. The highest BCUT2D eigenvalue weighted by molar-refractivity contribution is 8.00. The van der Waals surface area contributed by atoms with E-state index in [1.54, 1.807) is 0 Å². The van der Waals surface area contributed by atoms with Crippen molar-refractivity contribution >= 4 is 17.4 Å². The molecule has 1 aromatic rings. The molecule has 0 amide bonds. The zero-order chi connectivity index (χ0) is 10.1. The third-order valence-corrected chi connectivity index (χ3v) is 3.90. The van der Waals surface area contributed by atoms with E-state index in [2.05, 4.69) is 24.3 Å². The van der Waals surface area contributed by atoms with Crippen LogP contribution in [-0.4, -0.2) is 21.6 Å². The normalized spacial score (nSPS) is 21.2. The molecule has 1 unspecified atom stereocenters. The minimum Gasteiger partial charge on any atom is -0.381 e. The van der Waals surface area contributed by atoms with E-state index in [1.807, 2.05) is 23.5 Å². The molecule has 4 heteroatoms. The molecule has 14 heavy (non-hydrogen) atoms. The summed E-state index contributed by atoms with van der Waals surface area (Å²) in [6, 6.07) is 0. The van der Waals surface area contributed by atoms with Gasteiger partial charge in [0.25, 0.3) is 0 Å². The van der Waals surface area contributed by atoms with Crippen molar-refractivity contribution in [2.75, 3.05) is 11.9 Å². The average molecular weight is 211 g/mol. The molecule has 2 rings (SSSR count). The van der Waals surface area contributed by atoms with Gasteiger partial charge < -0.3 is 5.32 Å². The number of hydrogen-bond donors (Lipinski definition) is 1. The zero-order valence-corrected chi connectivity index (χ0v) is 9.82. The average Bonchev–Trinajstić information content (AvgIpc) is 2.36. The van der Waals surface area contributed by atoms with Crippen LogP contribution in [-0.2, 0) is 13.5 Å². The molecule has 1 aliphatic rings. The summed E-state index contributed by atoms with van der Waals surface area (Å²) >= 11 is 1.93. The number of nitrogens with zero attached hydrogens (tertiary/aromatic N) is 2. The van der Waals surface area contributed by atoms with Crippen molar-refractivity contribution in [1.82, 2.24) is 9.78 Å². The second-order valence-corrected chi connectivity index (χ2v) is 5.18. The van der Waals surface area contributed by atoms with E-state index in [1.165, 1.54) is 22.8 Å². The highest BCUT2D eigenvalue weighted by Gasteiger charge is 2.20. The van der Waals surface area contributed by atoms with Crippen molar-refractivity contribution in [2.24, 2.45) is 7.05 Å². The van der Waals surface area contributed by atoms with Gasteiger partial charge in [0.15, 0.2) is 0 Å². The van der Waals surface area contributed by atoms with Gasteiger partial charge in [-0.25, -0.2) is 0 Å². The Kier molecular flexibility index (Phi) is 2.72. The first-order chi connectivity index (χ1) is 6.72. The van der Waals surface area contributed by atoms with Crippen LogP contribution in [0.1, 0.15) is 26.0 Å². The molecule has 0 bridgehead atoms. The van der Waals surface area contributed by atoms with Crippen molar-refractivity contribution in [3.8, 4) is 0 Å². The number of aromatic nitrogens is 2. The molecule has 78 valence electrons. The molecule has 0 radical (unpaired) electrons. The summed E-state index contributed by atoms with van der Waals surface area (Å²) in [6.07, 6.45) is 2.23. The molecule has 0 saturated carbocycles. The first-order valence-corrected chi connectivity index (χ1v) is 6.06. The highest BCUT2D eigenvalue weighted by Crippen LogP contribution is 2.36. The Bertz CT molecular complexity index is 332. The van der Waals surface area contributed by atoms with E-state index in [4.69, 9.17) is 0 Å². The van der Waals surface area contributed by atoms with Gasteiger partial charge >= 0.3 is 0 Å². The van der Waals surface area contributed by atoms with Crippen molar-refractivity contribution in [3.63, 3.8) is 0 Å². The molecule has 1 aliphatic heterocycles. The summed E-state index contributed by atoms with van der Waals surface area (Å²) in [7, 11) is 2.03. The van der Waals surface area contributed by atoms with Crippen molar-refractivity contribution < 1.29 is 0 Å². The van der Waals surface area contributed by atoms with Crippen LogP contribution in [0.3, 0.4) is 0 Å². The maximum atomic E-state index is 4.52. The molecule has 0 aromatic carbocycles. The Morgan fingerprint density at radius 2 is 2.43 bits per heavy atom. The van der Waals surface area contributed by atoms with E-state index in [-0.39, 0.29) is 0 Å². The lowest BCUT2D eigenvalue weighted by atomic mass is 10.3. The van der Waals surface area contributed by atoms with Crippen LogP contribution in [0.15, 0.2) is 5.03 Å². The number of nitrogens with one attached hydrogen (secondary N) is 1. The SMILES string of the molecule is CCc1nn(C)c2c1NCCC(C)S2. The van der Waals surface area contributed by atoms with E-state index >= 15 is 0 Å². The lowest BCUT2D eigenvalue weighted by Crippen LogP contribution is -2.05. The maximum absolute atomic E-state index is 4.52. The number of hydrogen-bond acceptors (Lipinski definition) is 3. The zero-order valence-electron chi connectivity index (χ0n) is 9.00. The largest absolute Gasteiger partial charge is 0.381 e. The molecule has 0 aliphatic carbocycles. The molecular formula is C10H17N3S. The predicted molar refractivity (Wildman–Crippen MR) is 61.0 cm³/mol. The highest BCUT2D eigenvalue weighted by atomic mass is 32.2. The van der Waals surface area contributed by atoms with Gasteiger partial charge in [0.05, 0.1) is 11.4 Å². The molecule has 2 heterocycles. The first kappa shape index (κ1) is 9.90. The van der Waals surface area contributed by atoms with Crippen molar-refractivity contribution in [1.29, 1.82) is 0 Å². The van der Waals surface area contributed by atoms with Gasteiger partial charge in [-0.05, 0) is 12.8 Å². The van der Waals surface area contributed by atoms with Crippen LogP contribution >= 0.6 is 11.8 Å². The molecule has 1 aromatic heterocycles. The molecule has 3 nitrogen and oxygen atoms in total. The molecule has 1 N–H and O–H groups in total. The monoisotopic (exact) mass is 211 g/mol. The van der Waals surface area contributed by atoms with Crippen LogP contribution < -0.4 is 5.32 Å². The van der Waals surface area contributed by atoms with Gasteiger partial charge in [-0.3, -0.25) is 4.68 Å². The van der Waals surface area contributed by atoms with Crippen LogP contribution in [0, 0.1) is 0 Å². The van der Waals surface area contributed by atoms with E-state index in [0.29, 0.717) is 5.25 Å². The van der Waals surface area contributed by atoms with Gasteiger partial charge in [-0.15, -0.1) is 11.8 Å². The van der Waals surface area contributed by atoms with Crippen molar-refractivity contribution in [2.45, 2.75) is 37.0 Å². The summed E-state index contributed by atoms with van der Waals surface area (Å²) < 4.78 is 2.01. The van der Waals surface area contributed by atoms with Gasteiger partial charge in [0.2, 0.25) is 0 Å². The van der Waals surface area contributed by atoms with Crippen LogP contribution in [0.25, 0.3) is 0 Å². The fourth-order valence-corrected chi connectivity index (χ4v) is 2.89. The summed E-state index contributed by atoms with van der Waals surface area (Å²) in [5.41, 5.74) is 2.47. The van der Waals surface area contributed by atoms with Crippen LogP contribution in [0.2, 0.25) is 0 Å². The Hall–Kier alpha value is -0.640. The number of fused-ring (bicyclic) bond motifs is 1. The Labute approximate surface area is 89.3 Å². The second kappa shape index (κ2) is 3.85. The fourth-order valence-electron chi connectivity index (χ4n) is 1.77. The fraction of sp³-hybridized carbons (Fsp3) is 0.700. The number of aryl methyl sites for hydroxylation is 2. The molecule has 0 spiro atoms. The van der Waals surface area contributed by atoms with E-state index in [9.17, 15) is 0 Å². The summed E-state index contributed by atoms with van der Waals surface area (Å²) in [4.78, 5) is 0. The summed E-state index contributed by atoms with van der Waals surface area (Å²) in [6.45, 7) is 5.50. The Morgan fingerprint density at radius 1 is 1.64 bits per heavy atom. The Balaban J connectivity index is 2.40. The number of thioether (sulfide) groups is 1. The van der Waals surface area contributed by atoms with Crippen LogP contribution in [0.5, 0.6) is 0 Å². The van der Waals surface area contributed by atoms with Gasteiger partial charge in [0, 0.05) is 18.8 Å². The number of rotatable bonds is 1. The smallest absolute Gasteiger partial charge is 0.117 e. The predicted octanol–water partition coefficient (Wildman–Crippen LogP) is 2.28. The van der Waals surface area contributed by atoms with E-state index in [0.717, 1.165) is 13.0 Å². The second-order valence-electron chi connectivity index (χ2n) is 3.75. The lowest BCUT2D eigenvalue weighted by molar-refractivity contribution is 0.686. The van der Waals surface area contributed by atoms with Crippen molar-refractivity contribution in [3.05, 3.63) is 5.69 Å². The quantitative estimate of drug-likeness (QED) is 0.773. The lowest BCUT2D eigenvalue weighted by Gasteiger charge is -2.05. The van der Waals surface area contributed by atoms with Gasteiger partial charge in [0.1, 0.15) is 5.03 Å². The molecule has 1 atom stereocenters. The molecular weight excluding hydrogens is 194 g/mol. The van der Waals surface area contributed by atoms with Gasteiger partial charge in [-0.1, -0.05) is 13.8 Å². The van der Waals surface area contributed by atoms with Crippen LogP contribution in [0.4, 0.5) is 5.69 Å². The Morgan fingerprint density at radius 3 is 3.14 bits per heavy atom. The third kappa shape index (κ3) is 1.63. The standard InChI is InChI=1S/C10H17N3S/c1-4-8-9-10(13(3)12-8)14-7(2)5-6-11-9/h7,11H,4-6H2,1-3H3. The summed E-state index contributed by atoms with van der Waals surface area (Å²) in [5.74, 6) is 0. The van der Waals surface area contributed by atoms with E-state index < -0.39 is 0 Å².